The van der Waals surface area contributed by atoms with E-state index in [2.05, 4.69) is 5.32 Å². The number of ether oxygens (including phenoxy) is 1. The lowest BCUT2D eigenvalue weighted by Crippen LogP contribution is -2.52. The van der Waals surface area contributed by atoms with Gasteiger partial charge in [-0.1, -0.05) is 24.3 Å². The molecule has 1 aliphatic heterocycles. The van der Waals surface area contributed by atoms with Gasteiger partial charge in [-0.2, -0.15) is 4.31 Å². The number of fused-ring (bicyclic) bond motifs is 1. The van der Waals surface area contributed by atoms with Crippen molar-refractivity contribution in [3.63, 3.8) is 0 Å². The number of nitrogens with zero attached hydrogens (tertiary/aromatic N) is 2. The van der Waals surface area contributed by atoms with Gasteiger partial charge in [0.05, 0.1) is 11.4 Å². The Morgan fingerprint density at radius 3 is 2.41 bits per heavy atom. The van der Waals surface area contributed by atoms with Gasteiger partial charge in [-0.3, -0.25) is 9.59 Å². The Kier molecular flexibility index (Phi) is 6.76. The number of para-hydroxylation sites is 1. The highest BCUT2D eigenvalue weighted by Gasteiger charge is 2.30. The quantitative estimate of drug-likeness (QED) is 0.674. The first kappa shape index (κ1) is 22.3. The molecule has 0 bridgehead atoms. The number of sulfonamides is 1. The first-order chi connectivity index (χ1) is 15.4. The monoisotopic (exact) mass is 457 g/mol. The minimum atomic E-state index is -3.58. The van der Waals surface area contributed by atoms with Crippen molar-refractivity contribution in [1.29, 1.82) is 0 Å². The largest absolute Gasteiger partial charge is 0.484 e. The average Bonchev–Trinajstić information content (AvgIpc) is 3.30. The topological polar surface area (TPSA) is 96.0 Å². The van der Waals surface area contributed by atoms with E-state index in [9.17, 15) is 18.0 Å². The maximum Gasteiger partial charge on any atom is 0.258 e. The van der Waals surface area contributed by atoms with Crippen LogP contribution in [0.5, 0.6) is 5.75 Å². The number of piperazine rings is 1. The number of carbonyl (C=O) groups is 2. The van der Waals surface area contributed by atoms with Crippen molar-refractivity contribution in [2.24, 2.45) is 0 Å². The molecular formula is C23H27N3O5S. The van der Waals surface area contributed by atoms with Crippen molar-refractivity contribution in [2.75, 3.05) is 39.3 Å². The minimum Gasteiger partial charge on any atom is -0.484 e. The number of benzene rings is 2. The van der Waals surface area contributed by atoms with Gasteiger partial charge in [-0.15, -0.1) is 0 Å². The summed E-state index contributed by atoms with van der Waals surface area (Å²) in [6.07, 6.45) is 2.99. The first-order valence-electron chi connectivity index (χ1n) is 10.8. The molecule has 170 valence electrons. The van der Waals surface area contributed by atoms with E-state index in [0.29, 0.717) is 23.7 Å². The second-order valence-electron chi connectivity index (χ2n) is 7.95. The normalized spacial score (nSPS) is 16.4. The summed E-state index contributed by atoms with van der Waals surface area (Å²) in [5.41, 5.74) is 2.35. The fourth-order valence-electron chi connectivity index (χ4n) is 4.04. The zero-order valence-corrected chi connectivity index (χ0v) is 18.6. The number of carbonyl (C=O) groups excluding carboxylic acids is 2. The Bertz CT molecular complexity index is 1080. The maximum absolute atomic E-state index is 13.0. The molecular weight excluding hydrogens is 430 g/mol. The Hall–Kier alpha value is -2.91. The van der Waals surface area contributed by atoms with Gasteiger partial charge in [0.1, 0.15) is 5.75 Å². The molecule has 2 aromatic rings. The van der Waals surface area contributed by atoms with Crippen LogP contribution >= 0.6 is 0 Å². The summed E-state index contributed by atoms with van der Waals surface area (Å²) in [5, 5.41) is 2.55. The Labute approximate surface area is 188 Å². The lowest BCUT2D eigenvalue weighted by molar-refractivity contribution is -0.134. The van der Waals surface area contributed by atoms with E-state index >= 15 is 0 Å². The molecule has 1 fully saturated rings. The zero-order chi connectivity index (χ0) is 22.6. The highest BCUT2D eigenvalue weighted by molar-refractivity contribution is 7.89. The Morgan fingerprint density at radius 2 is 1.66 bits per heavy atom. The van der Waals surface area contributed by atoms with Gasteiger partial charge in [0.2, 0.25) is 15.9 Å². The first-order valence-corrected chi connectivity index (χ1v) is 12.2. The van der Waals surface area contributed by atoms with Crippen LogP contribution in [0.3, 0.4) is 0 Å². The van der Waals surface area contributed by atoms with E-state index in [1.54, 1.807) is 41.3 Å². The van der Waals surface area contributed by atoms with Gasteiger partial charge in [0, 0.05) is 26.2 Å². The molecule has 2 amide bonds. The van der Waals surface area contributed by atoms with Crippen LogP contribution in [0.1, 0.15) is 17.5 Å². The van der Waals surface area contributed by atoms with Crippen LogP contribution in [-0.4, -0.2) is 68.8 Å². The van der Waals surface area contributed by atoms with Crippen LogP contribution in [0.2, 0.25) is 0 Å². The molecule has 2 aromatic carbocycles. The summed E-state index contributed by atoms with van der Waals surface area (Å²) in [4.78, 5) is 26.3. The SMILES string of the molecule is O=C(COc1ccccc1)NCC(=O)N1CCN(S(=O)(=O)c2ccc3c(c2)CCC3)CC1. The molecule has 0 atom stereocenters. The standard InChI is InChI=1S/C23H27N3O5S/c27-22(17-31-20-7-2-1-3-8-20)24-16-23(28)25-11-13-26(14-12-25)32(29,30)21-10-9-18-5-4-6-19(18)15-21/h1-3,7-10,15H,4-6,11-14,16-17H2,(H,24,27). The van der Waals surface area contributed by atoms with Gasteiger partial charge in [0.25, 0.3) is 5.91 Å². The molecule has 1 N–H and O–H groups in total. The van der Waals surface area contributed by atoms with Crippen molar-refractivity contribution >= 4 is 21.8 Å². The van der Waals surface area contributed by atoms with Crippen LogP contribution < -0.4 is 10.1 Å². The van der Waals surface area contributed by atoms with Crippen molar-refractivity contribution in [3.05, 3.63) is 59.7 Å². The Morgan fingerprint density at radius 1 is 0.938 bits per heavy atom. The van der Waals surface area contributed by atoms with Crippen molar-refractivity contribution in [2.45, 2.75) is 24.2 Å². The number of nitrogens with one attached hydrogen (secondary N) is 1. The predicted octanol–water partition coefficient (Wildman–Crippen LogP) is 1.20. The smallest absolute Gasteiger partial charge is 0.258 e. The molecule has 0 aromatic heterocycles. The van der Waals surface area contributed by atoms with Crippen LogP contribution in [0.25, 0.3) is 0 Å². The van der Waals surface area contributed by atoms with Gasteiger partial charge in [0.15, 0.2) is 6.61 Å². The second kappa shape index (κ2) is 9.70. The minimum absolute atomic E-state index is 0.144. The van der Waals surface area contributed by atoms with Crippen LogP contribution in [0.4, 0.5) is 0 Å². The van der Waals surface area contributed by atoms with Gasteiger partial charge >= 0.3 is 0 Å². The van der Waals surface area contributed by atoms with E-state index in [0.717, 1.165) is 24.8 Å². The number of amides is 2. The maximum atomic E-state index is 13.0. The lowest BCUT2D eigenvalue weighted by Gasteiger charge is -2.34. The molecule has 1 aliphatic carbocycles. The van der Waals surface area contributed by atoms with E-state index in [1.165, 1.54) is 9.87 Å². The van der Waals surface area contributed by atoms with Crippen LogP contribution in [0.15, 0.2) is 53.4 Å². The summed E-state index contributed by atoms with van der Waals surface area (Å²) in [6.45, 7) is 0.726. The summed E-state index contributed by atoms with van der Waals surface area (Å²) in [5.74, 6) is -0.0534. The third-order valence-electron chi connectivity index (χ3n) is 5.85. The highest BCUT2D eigenvalue weighted by atomic mass is 32.2. The fourth-order valence-corrected chi connectivity index (χ4v) is 5.51. The lowest BCUT2D eigenvalue weighted by atomic mass is 10.1. The molecule has 4 rings (SSSR count). The summed E-state index contributed by atoms with van der Waals surface area (Å²) in [7, 11) is -3.58. The van der Waals surface area contributed by atoms with Crippen LogP contribution in [0, 0.1) is 0 Å². The van der Waals surface area contributed by atoms with Crippen molar-refractivity contribution in [3.8, 4) is 5.75 Å². The molecule has 0 saturated carbocycles. The molecule has 8 nitrogen and oxygen atoms in total. The second-order valence-corrected chi connectivity index (χ2v) is 9.89. The molecule has 1 saturated heterocycles. The zero-order valence-electron chi connectivity index (χ0n) is 17.8. The van der Waals surface area contributed by atoms with Crippen molar-refractivity contribution in [1.82, 2.24) is 14.5 Å². The molecule has 0 spiro atoms. The predicted molar refractivity (Wildman–Crippen MR) is 119 cm³/mol. The van der Waals surface area contributed by atoms with E-state index in [4.69, 9.17) is 4.74 Å². The summed E-state index contributed by atoms with van der Waals surface area (Å²) >= 11 is 0. The van der Waals surface area contributed by atoms with E-state index in [1.807, 2.05) is 12.1 Å². The number of rotatable bonds is 7. The van der Waals surface area contributed by atoms with E-state index in [-0.39, 0.29) is 38.1 Å². The summed E-state index contributed by atoms with van der Waals surface area (Å²) in [6, 6.07) is 14.3. The fraction of sp³-hybridized carbons (Fsp3) is 0.391. The molecule has 0 radical (unpaired) electrons. The molecule has 0 unspecified atom stereocenters. The molecule has 1 heterocycles. The number of hydrogen-bond donors (Lipinski definition) is 1. The third-order valence-corrected chi connectivity index (χ3v) is 7.74. The average molecular weight is 458 g/mol. The Balaban J connectivity index is 1.24. The number of hydrogen-bond acceptors (Lipinski definition) is 5. The van der Waals surface area contributed by atoms with Gasteiger partial charge in [-0.05, 0) is 54.7 Å². The van der Waals surface area contributed by atoms with Gasteiger partial charge < -0.3 is 15.0 Å². The molecule has 9 heteroatoms. The molecule has 32 heavy (non-hydrogen) atoms. The van der Waals surface area contributed by atoms with Gasteiger partial charge in [-0.25, -0.2) is 8.42 Å². The van der Waals surface area contributed by atoms with E-state index < -0.39 is 10.0 Å². The van der Waals surface area contributed by atoms with Crippen LogP contribution in [-0.2, 0) is 32.5 Å². The number of aryl methyl sites for hydroxylation is 2. The van der Waals surface area contributed by atoms with Crippen molar-refractivity contribution < 1.29 is 22.7 Å². The highest BCUT2D eigenvalue weighted by Crippen LogP contribution is 2.26. The summed E-state index contributed by atoms with van der Waals surface area (Å²) < 4.78 is 32.8. The molecule has 2 aliphatic rings. The third kappa shape index (κ3) is 5.11.